The number of carboxylic acids is 1. The summed E-state index contributed by atoms with van der Waals surface area (Å²) in [6.07, 6.45) is 1.79. The maximum atomic E-state index is 11.2. The normalized spacial score (nSPS) is 14.1. The van der Waals surface area contributed by atoms with E-state index in [1.165, 1.54) is 18.2 Å². The maximum Gasteiger partial charge on any atom is 0.339 e. The van der Waals surface area contributed by atoms with Crippen molar-refractivity contribution in [2.45, 2.75) is 12.8 Å². The van der Waals surface area contributed by atoms with Crippen molar-refractivity contribution in [1.29, 1.82) is 0 Å². The molecule has 7 nitrogen and oxygen atoms in total. The van der Waals surface area contributed by atoms with Gasteiger partial charge in [0.1, 0.15) is 22.8 Å². The van der Waals surface area contributed by atoms with Crippen LogP contribution in [0, 0.1) is 0 Å². The highest BCUT2D eigenvalue weighted by Gasteiger charge is 2.19. The first-order valence-electron chi connectivity index (χ1n) is 9.88. The van der Waals surface area contributed by atoms with Crippen molar-refractivity contribution >= 4 is 24.1 Å². The van der Waals surface area contributed by atoms with Gasteiger partial charge in [-0.25, -0.2) is 4.79 Å². The Bertz CT molecular complexity index is 825. The molecule has 1 saturated heterocycles. The Morgan fingerprint density at radius 1 is 1.03 bits per heavy atom. The molecule has 1 aliphatic rings. The predicted molar refractivity (Wildman–Crippen MR) is 119 cm³/mol. The molecule has 0 spiro atoms. The lowest BCUT2D eigenvalue weighted by molar-refractivity contribution is 0.0692. The number of hydrogen-bond acceptors (Lipinski definition) is 6. The van der Waals surface area contributed by atoms with Gasteiger partial charge in [0.15, 0.2) is 0 Å². The van der Waals surface area contributed by atoms with E-state index in [-0.39, 0.29) is 29.5 Å². The van der Waals surface area contributed by atoms with Crippen LogP contribution in [-0.4, -0.2) is 67.5 Å². The lowest BCUT2D eigenvalue weighted by Gasteiger charge is -2.36. The number of carboxylic acid groups (broad SMARTS) is 1. The van der Waals surface area contributed by atoms with Gasteiger partial charge in [0.2, 0.25) is 0 Å². The van der Waals surface area contributed by atoms with Crippen LogP contribution in [0.2, 0.25) is 0 Å². The molecule has 0 bridgehead atoms. The average molecular weight is 437 g/mol. The van der Waals surface area contributed by atoms with Crippen molar-refractivity contribution in [2.24, 2.45) is 0 Å². The number of phenols is 1. The number of carbonyl (C=O) groups is 1. The summed E-state index contributed by atoms with van der Waals surface area (Å²) in [5, 5.41) is 18.7. The van der Waals surface area contributed by atoms with E-state index >= 15 is 0 Å². The van der Waals surface area contributed by atoms with Crippen molar-refractivity contribution < 1.29 is 24.5 Å². The van der Waals surface area contributed by atoms with Crippen molar-refractivity contribution in [3.05, 3.63) is 48.0 Å². The second kappa shape index (κ2) is 11.5. The van der Waals surface area contributed by atoms with Crippen molar-refractivity contribution in [3.8, 4) is 17.2 Å². The fourth-order valence-electron chi connectivity index (χ4n) is 3.53. The van der Waals surface area contributed by atoms with E-state index < -0.39 is 5.97 Å². The number of nitrogens with zero attached hydrogens (tertiary/aromatic N) is 2. The summed E-state index contributed by atoms with van der Waals surface area (Å²) in [6, 6.07) is 12.2. The molecule has 0 aliphatic carbocycles. The molecule has 0 aromatic heterocycles. The third-order valence-electron chi connectivity index (χ3n) is 5.12. The summed E-state index contributed by atoms with van der Waals surface area (Å²) in [6.45, 7) is 5.31. The van der Waals surface area contributed by atoms with Gasteiger partial charge < -0.3 is 24.6 Å². The van der Waals surface area contributed by atoms with E-state index in [0.717, 1.165) is 57.0 Å². The number of piperazine rings is 1. The summed E-state index contributed by atoms with van der Waals surface area (Å²) >= 11 is 0. The third-order valence-corrected chi connectivity index (χ3v) is 5.12. The van der Waals surface area contributed by atoms with E-state index in [0.29, 0.717) is 6.61 Å². The molecule has 0 amide bonds. The van der Waals surface area contributed by atoms with Crippen LogP contribution in [0.5, 0.6) is 17.2 Å². The van der Waals surface area contributed by atoms with Crippen molar-refractivity contribution in [1.82, 2.24) is 4.90 Å². The number of para-hydroxylation sites is 2. The number of ether oxygens (including phenoxy) is 2. The van der Waals surface area contributed by atoms with Gasteiger partial charge in [-0.05, 0) is 43.7 Å². The van der Waals surface area contributed by atoms with E-state index in [9.17, 15) is 15.0 Å². The van der Waals surface area contributed by atoms with E-state index in [2.05, 4.69) is 15.9 Å². The molecular weight excluding hydrogens is 408 g/mol. The van der Waals surface area contributed by atoms with E-state index in [1.807, 2.05) is 18.2 Å². The molecular formula is C22H29ClN2O5. The number of halogens is 1. The molecule has 0 saturated carbocycles. The van der Waals surface area contributed by atoms with Crippen molar-refractivity contribution in [2.75, 3.05) is 51.3 Å². The zero-order chi connectivity index (χ0) is 20.6. The number of anilines is 1. The van der Waals surface area contributed by atoms with Crippen LogP contribution in [0.15, 0.2) is 42.5 Å². The molecule has 1 aliphatic heterocycles. The monoisotopic (exact) mass is 436 g/mol. The van der Waals surface area contributed by atoms with Gasteiger partial charge in [-0.2, -0.15) is 0 Å². The molecule has 8 heteroatoms. The second-order valence-electron chi connectivity index (χ2n) is 7.04. The predicted octanol–water partition coefficient (Wildman–Crippen LogP) is 3.50. The van der Waals surface area contributed by atoms with E-state index in [1.54, 1.807) is 7.11 Å². The van der Waals surface area contributed by atoms with Crippen LogP contribution < -0.4 is 14.4 Å². The Labute approximate surface area is 183 Å². The minimum absolute atomic E-state index is 0. The van der Waals surface area contributed by atoms with Crippen LogP contribution in [0.3, 0.4) is 0 Å². The van der Waals surface area contributed by atoms with Crippen LogP contribution in [-0.2, 0) is 0 Å². The lowest BCUT2D eigenvalue weighted by atomic mass is 10.2. The van der Waals surface area contributed by atoms with Crippen LogP contribution in [0.4, 0.5) is 5.69 Å². The Kier molecular flexibility index (Phi) is 9.08. The van der Waals surface area contributed by atoms with Gasteiger partial charge in [0, 0.05) is 32.2 Å². The SMILES string of the molecule is COc1ccccc1N1CCN(CCCCOc2cc(O)ccc2C(=O)O)CC1.Cl. The summed E-state index contributed by atoms with van der Waals surface area (Å²) in [7, 11) is 1.70. The van der Waals surface area contributed by atoms with Gasteiger partial charge in [0.25, 0.3) is 0 Å². The molecule has 2 N–H and O–H groups in total. The summed E-state index contributed by atoms with van der Waals surface area (Å²) in [5.41, 5.74) is 1.21. The topological polar surface area (TPSA) is 82.5 Å². The Hall–Kier alpha value is -2.64. The first-order valence-corrected chi connectivity index (χ1v) is 9.88. The first kappa shape index (κ1) is 23.6. The molecule has 3 rings (SSSR count). The van der Waals surface area contributed by atoms with Crippen molar-refractivity contribution in [3.63, 3.8) is 0 Å². The molecule has 164 valence electrons. The Balaban J connectivity index is 0.00000320. The summed E-state index contributed by atoms with van der Waals surface area (Å²) in [4.78, 5) is 16.0. The Morgan fingerprint density at radius 2 is 1.77 bits per heavy atom. The summed E-state index contributed by atoms with van der Waals surface area (Å²) in [5.74, 6) is 0.0551. The zero-order valence-electron chi connectivity index (χ0n) is 17.1. The fraction of sp³-hybridized carbons (Fsp3) is 0.409. The minimum atomic E-state index is -1.06. The zero-order valence-corrected chi connectivity index (χ0v) is 17.9. The molecule has 0 radical (unpaired) electrons. The number of unbranched alkanes of at least 4 members (excludes halogenated alkanes) is 1. The second-order valence-corrected chi connectivity index (χ2v) is 7.04. The van der Waals surface area contributed by atoms with Gasteiger partial charge >= 0.3 is 5.97 Å². The summed E-state index contributed by atoms with van der Waals surface area (Å²) < 4.78 is 11.1. The van der Waals surface area contributed by atoms with Gasteiger partial charge in [-0.3, -0.25) is 4.90 Å². The van der Waals surface area contributed by atoms with E-state index in [4.69, 9.17) is 9.47 Å². The van der Waals surface area contributed by atoms with Crippen LogP contribution >= 0.6 is 12.4 Å². The standard InChI is InChI=1S/C22H28N2O5.ClH/c1-28-20-7-3-2-6-19(20)24-13-11-23(12-14-24)10-4-5-15-29-21-16-17(25)8-9-18(21)22(26)27;/h2-3,6-9,16,25H,4-5,10-15H2,1H3,(H,26,27);1H. The van der Waals surface area contributed by atoms with Gasteiger partial charge in [-0.1, -0.05) is 12.1 Å². The van der Waals surface area contributed by atoms with Gasteiger partial charge in [0.05, 0.1) is 19.4 Å². The van der Waals surface area contributed by atoms with Crippen LogP contribution in [0.25, 0.3) is 0 Å². The number of rotatable bonds is 9. The molecule has 2 aromatic carbocycles. The Morgan fingerprint density at radius 3 is 2.47 bits per heavy atom. The average Bonchev–Trinajstić information content (AvgIpc) is 2.74. The van der Waals surface area contributed by atoms with Gasteiger partial charge in [-0.15, -0.1) is 12.4 Å². The number of benzene rings is 2. The minimum Gasteiger partial charge on any atom is -0.508 e. The van der Waals surface area contributed by atoms with Crippen LogP contribution in [0.1, 0.15) is 23.2 Å². The molecule has 0 atom stereocenters. The largest absolute Gasteiger partial charge is 0.508 e. The number of aromatic carboxylic acids is 1. The number of hydrogen-bond donors (Lipinski definition) is 2. The third kappa shape index (κ3) is 6.18. The molecule has 1 fully saturated rings. The number of phenolic OH excluding ortho intramolecular Hbond substituents is 1. The number of aromatic hydroxyl groups is 1. The fourth-order valence-corrected chi connectivity index (χ4v) is 3.53. The first-order chi connectivity index (χ1) is 14.1. The maximum absolute atomic E-state index is 11.2. The highest BCUT2D eigenvalue weighted by molar-refractivity contribution is 5.91. The highest BCUT2D eigenvalue weighted by atomic mass is 35.5. The highest BCUT2D eigenvalue weighted by Crippen LogP contribution is 2.28. The number of methoxy groups -OCH3 is 1. The molecule has 30 heavy (non-hydrogen) atoms. The quantitative estimate of drug-likeness (QED) is 0.582. The molecule has 2 aromatic rings. The lowest BCUT2D eigenvalue weighted by Crippen LogP contribution is -2.46. The molecule has 1 heterocycles. The smallest absolute Gasteiger partial charge is 0.339 e. The molecule has 0 unspecified atom stereocenters.